The lowest BCUT2D eigenvalue weighted by Gasteiger charge is -2.41. The van der Waals surface area contributed by atoms with E-state index in [1.807, 2.05) is 0 Å². The van der Waals surface area contributed by atoms with Crippen LogP contribution < -0.4 is 11.1 Å². The second-order valence-corrected chi connectivity index (χ2v) is 7.95. The van der Waals surface area contributed by atoms with Crippen molar-refractivity contribution < 1.29 is 0 Å². The number of halogens is 1. The molecule has 0 radical (unpaired) electrons. The second-order valence-electron chi connectivity index (χ2n) is 7.03. The van der Waals surface area contributed by atoms with Crippen molar-refractivity contribution in [3.63, 3.8) is 0 Å². The Kier molecular flexibility index (Phi) is 4.16. The lowest BCUT2D eigenvalue weighted by Crippen LogP contribution is -2.51. The number of nitrogen functional groups attached to an aromatic ring is 1. The molecular formula is C20H23BrN2. The Morgan fingerprint density at radius 3 is 2.83 bits per heavy atom. The molecule has 3 N–H and O–H groups in total. The van der Waals surface area contributed by atoms with Gasteiger partial charge in [0.15, 0.2) is 0 Å². The first-order chi connectivity index (χ1) is 11.2. The van der Waals surface area contributed by atoms with Crippen molar-refractivity contribution in [3.8, 4) is 0 Å². The van der Waals surface area contributed by atoms with E-state index in [1.165, 1.54) is 34.0 Å². The van der Waals surface area contributed by atoms with Crippen molar-refractivity contribution in [1.82, 2.24) is 5.32 Å². The minimum absolute atomic E-state index is 0.552. The van der Waals surface area contributed by atoms with Gasteiger partial charge in [-0.25, -0.2) is 0 Å². The summed E-state index contributed by atoms with van der Waals surface area (Å²) < 4.78 is 1.17. The summed E-state index contributed by atoms with van der Waals surface area (Å²) in [4.78, 5) is 0. The maximum absolute atomic E-state index is 6.28. The average molecular weight is 371 g/mol. The van der Waals surface area contributed by atoms with Gasteiger partial charge in [0.05, 0.1) is 0 Å². The molecule has 0 aromatic heterocycles. The van der Waals surface area contributed by atoms with Crippen LogP contribution in [0.5, 0.6) is 0 Å². The molecule has 0 unspecified atom stereocenters. The van der Waals surface area contributed by atoms with Crippen molar-refractivity contribution in [1.29, 1.82) is 0 Å². The van der Waals surface area contributed by atoms with Crippen LogP contribution >= 0.6 is 15.9 Å². The zero-order valence-corrected chi connectivity index (χ0v) is 14.9. The van der Waals surface area contributed by atoms with Crippen LogP contribution in [0.1, 0.15) is 29.5 Å². The van der Waals surface area contributed by atoms with Crippen molar-refractivity contribution in [2.45, 2.75) is 44.2 Å². The smallest absolute Gasteiger partial charge is 0.0349 e. The molecule has 3 heteroatoms. The molecule has 23 heavy (non-hydrogen) atoms. The highest BCUT2D eigenvalue weighted by atomic mass is 79.9. The lowest BCUT2D eigenvalue weighted by atomic mass is 9.75. The summed E-state index contributed by atoms with van der Waals surface area (Å²) >= 11 is 3.59. The molecule has 2 aromatic rings. The zero-order chi connectivity index (χ0) is 15.8. The van der Waals surface area contributed by atoms with E-state index in [1.54, 1.807) is 0 Å². The maximum Gasteiger partial charge on any atom is 0.0349 e. The normalized spacial score (nSPS) is 26.4. The third kappa shape index (κ3) is 3.17. The molecule has 1 saturated heterocycles. The molecule has 0 spiro atoms. The molecule has 2 nitrogen and oxygen atoms in total. The van der Waals surface area contributed by atoms with Gasteiger partial charge in [-0.15, -0.1) is 0 Å². The fraction of sp³-hybridized carbons (Fsp3) is 0.400. The topological polar surface area (TPSA) is 38.0 Å². The fourth-order valence-corrected chi connectivity index (χ4v) is 4.76. The van der Waals surface area contributed by atoms with Gasteiger partial charge in [0.1, 0.15) is 0 Å². The van der Waals surface area contributed by atoms with Crippen LogP contribution in [-0.4, -0.2) is 12.1 Å². The van der Waals surface area contributed by atoms with Crippen LogP contribution in [0.15, 0.2) is 46.9 Å². The Labute approximate surface area is 146 Å². The first kappa shape index (κ1) is 15.2. The van der Waals surface area contributed by atoms with E-state index in [0.717, 1.165) is 24.9 Å². The second kappa shape index (κ2) is 6.29. The summed E-state index contributed by atoms with van der Waals surface area (Å²) in [7, 11) is 0. The van der Waals surface area contributed by atoms with E-state index in [4.69, 9.17) is 5.73 Å². The van der Waals surface area contributed by atoms with Gasteiger partial charge in [-0.1, -0.05) is 40.2 Å². The van der Waals surface area contributed by atoms with E-state index < -0.39 is 0 Å². The number of anilines is 1. The molecule has 3 aliphatic rings. The summed E-state index contributed by atoms with van der Waals surface area (Å²) in [5.74, 6) is 0.675. The van der Waals surface area contributed by atoms with Gasteiger partial charge in [-0.2, -0.15) is 0 Å². The molecule has 2 aliphatic heterocycles. The highest BCUT2D eigenvalue weighted by Crippen LogP contribution is 2.34. The quantitative estimate of drug-likeness (QED) is 0.780. The van der Waals surface area contributed by atoms with Crippen molar-refractivity contribution >= 4 is 21.6 Å². The average Bonchev–Trinajstić information content (AvgIpc) is 2.49. The van der Waals surface area contributed by atoms with Crippen LogP contribution in [0.4, 0.5) is 5.69 Å². The van der Waals surface area contributed by atoms with Crippen LogP contribution in [0, 0.1) is 5.92 Å². The number of hydrogen-bond acceptors (Lipinski definition) is 2. The molecule has 1 aliphatic carbocycles. The van der Waals surface area contributed by atoms with E-state index in [9.17, 15) is 0 Å². The molecule has 1 fully saturated rings. The summed E-state index contributed by atoms with van der Waals surface area (Å²) in [6.07, 6.45) is 5.92. The Hall–Kier alpha value is -1.32. The van der Waals surface area contributed by atoms with Crippen LogP contribution in [0.3, 0.4) is 0 Å². The summed E-state index contributed by atoms with van der Waals surface area (Å²) in [5, 5.41) is 3.93. The molecule has 3 atom stereocenters. The van der Waals surface area contributed by atoms with Crippen molar-refractivity contribution in [2.24, 2.45) is 5.92 Å². The van der Waals surface area contributed by atoms with Gasteiger partial charge in [-0.3, -0.25) is 0 Å². The van der Waals surface area contributed by atoms with Gasteiger partial charge in [0.2, 0.25) is 0 Å². The third-order valence-electron chi connectivity index (χ3n) is 5.49. The maximum atomic E-state index is 6.28. The Balaban J connectivity index is 1.61. The van der Waals surface area contributed by atoms with Gasteiger partial charge in [0.25, 0.3) is 0 Å². The first-order valence-corrected chi connectivity index (χ1v) is 9.35. The van der Waals surface area contributed by atoms with Crippen LogP contribution in [0.2, 0.25) is 0 Å². The van der Waals surface area contributed by atoms with Gasteiger partial charge in [-0.05, 0) is 72.9 Å². The third-order valence-corrected chi connectivity index (χ3v) is 5.98. The first-order valence-electron chi connectivity index (χ1n) is 8.56. The molecule has 2 bridgehead atoms. The molecule has 2 aromatic carbocycles. The lowest BCUT2D eigenvalue weighted by molar-refractivity contribution is 0.217. The molecular weight excluding hydrogens is 348 g/mol. The van der Waals surface area contributed by atoms with Crippen molar-refractivity contribution in [3.05, 3.63) is 63.6 Å². The standard InChI is InChI=1S/C20H23BrN2/c21-16-5-1-3-13(9-16)10-20-15-7-8-17(23-20)11-14-4-2-6-19(22)18(14)12-15/h1-6,9,15,17,20,23H,7-8,10-12,22H2/t15-,17+,20+/m0/s1. The number of benzene rings is 2. The van der Waals surface area contributed by atoms with Gasteiger partial charge < -0.3 is 11.1 Å². The van der Waals surface area contributed by atoms with Gasteiger partial charge in [0, 0.05) is 22.2 Å². The monoisotopic (exact) mass is 370 g/mol. The molecule has 0 saturated carbocycles. The number of piperidine rings is 1. The number of fused-ring (bicyclic) bond motifs is 2. The Bertz CT molecular complexity index is 713. The Morgan fingerprint density at radius 1 is 1.09 bits per heavy atom. The van der Waals surface area contributed by atoms with Crippen molar-refractivity contribution in [2.75, 3.05) is 5.73 Å². The van der Waals surface area contributed by atoms with Gasteiger partial charge >= 0.3 is 0 Å². The number of rotatable bonds is 2. The molecule has 2 heterocycles. The number of nitrogens with two attached hydrogens (primary N) is 1. The van der Waals surface area contributed by atoms with Crippen LogP contribution in [-0.2, 0) is 19.3 Å². The van der Waals surface area contributed by atoms with E-state index in [0.29, 0.717) is 18.0 Å². The minimum Gasteiger partial charge on any atom is -0.398 e. The zero-order valence-electron chi connectivity index (χ0n) is 13.3. The Morgan fingerprint density at radius 2 is 1.96 bits per heavy atom. The molecule has 120 valence electrons. The fourth-order valence-electron chi connectivity index (χ4n) is 4.31. The molecule has 5 rings (SSSR count). The number of nitrogens with one attached hydrogen (secondary N) is 1. The predicted octanol–water partition coefficient (Wildman–Crippen LogP) is 4.11. The van der Waals surface area contributed by atoms with E-state index in [-0.39, 0.29) is 0 Å². The van der Waals surface area contributed by atoms with E-state index in [2.05, 4.69) is 63.7 Å². The van der Waals surface area contributed by atoms with Crippen LogP contribution in [0.25, 0.3) is 0 Å². The highest BCUT2D eigenvalue weighted by molar-refractivity contribution is 9.10. The number of hydrogen-bond donors (Lipinski definition) is 2. The minimum atomic E-state index is 0.552. The summed E-state index contributed by atoms with van der Waals surface area (Å²) in [6, 6.07) is 16.3. The molecule has 0 amide bonds. The predicted molar refractivity (Wildman–Crippen MR) is 99.5 cm³/mol. The SMILES string of the molecule is Nc1cccc2c1C[C@@H]1CC[C@H](C2)N[C@@H]1Cc1cccc(Br)c1. The highest BCUT2D eigenvalue weighted by Gasteiger charge is 2.33. The summed E-state index contributed by atoms with van der Waals surface area (Å²) in [6.45, 7) is 0. The largest absolute Gasteiger partial charge is 0.398 e. The summed E-state index contributed by atoms with van der Waals surface area (Å²) in [5.41, 5.74) is 11.5. The van der Waals surface area contributed by atoms with E-state index >= 15 is 0 Å².